The Labute approximate surface area is 165 Å². The number of aromatic nitrogens is 1. The quantitative estimate of drug-likeness (QED) is 0.709. The number of carboxylic acid groups (broad SMARTS) is 1. The van der Waals surface area contributed by atoms with Gasteiger partial charge >= 0.3 is 5.97 Å². The summed E-state index contributed by atoms with van der Waals surface area (Å²) in [5.41, 5.74) is 1.87. The van der Waals surface area contributed by atoms with Crippen molar-refractivity contribution in [3.63, 3.8) is 0 Å². The second-order valence-electron chi connectivity index (χ2n) is 6.72. The van der Waals surface area contributed by atoms with Crippen molar-refractivity contribution < 1.29 is 14.7 Å². The predicted octanol–water partition coefficient (Wildman–Crippen LogP) is 3.28. The average molecular weight is 394 g/mol. The van der Waals surface area contributed by atoms with E-state index in [1.54, 1.807) is 0 Å². The SMILES string of the molecule is CC(=O)Nc1c(Cc2cccc3ccccc23)cc(=O)n2c1SC[C@H]2C(=O)O. The van der Waals surface area contributed by atoms with Crippen LogP contribution in [0.5, 0.6) is 0 Å². The summed E-state index contributed by atoms with van der Waals surface area (Å²) >= 11 is 1.28. The number of benzene rings is 2. The highest BCUT2D eigenvalue weighted by Gasteiger charge is 2.33. The Bertz CT molecular complexity index is 1160. The molecule has 0 saturated carbocycles. The first-order valence-electron chi connectivity index (χ1n) is 8.84. The zero-order chi connectivity index (χ0) is 19.8. The fourth-order valence-corrected chi connectivity index (χ4v) is 4.89. The number of amides is 1. The maximum atomic E-state index is 12.7. The molecule has 1 aliphatic rings. The predicted molar refractivity (Wildman–Crippen MR) is 109 cm³/mol. The van der Waals surface area contributed by atoms with Gasteiger partial charge in [0.15, 0.2) is 0 Å². The molecule has 0 fully saturated rings. The van der Waals surface area contributed by atoms with Gasteiger partial charge in [-0.2, -0.15) is 0 Å². The molecule has 28 heavy (non-hydrogen) atoms. The van der Waals surface area contributed by atoms with E-state index in [1.807, 2.05) is 42.5 Å². The number of hydrogen-bond acceptors (Lipinski definition) is 4. The van der Waals surface area contributed by atoms with E-state index in [0.717, 1.165) is 16.3 Å². The van der Waals surface area contributed by atoms with Crippen LogP contribution in [-0.2, 0) is 16.0 Å². The molecular formula is C21H18N2O4S. The fourth-order valence-electron chi connectivity index (χ4n) is 3.60. The third-order valence-corrected chi connectivity index (χ3v) is 5.98. The maximum absolute atomic E-state index is 12.7. The second kappa shape index (κ2) is 7.16. The van der Waals surface area contributed by atoms with Crippen molar-refractivity contribution in [2.75, 3.05) is 11.1 Å². The van der Waals surface area contributed by atoms with Gasteiger partial charge in [0.1, 0.15) is 11.1 Å². The Balaban J connectivity index is 1.87. The van der Waals surface area contributed by atoms with Crippen molar-refractivity contribution in [2.45, 2.75) is 24.4 Å². The number of nitrogens with one attached hydrogen (secondary N) is 1. The van der Waals surface area contributed by atoms with Gasteiger partial charge in [0.25, 0.3) is 5.56 Å². The number of hydrogen-bond donors (Lipinski definition) is 2. The van der Waals surface area contributed by atoms with E-state index in [2.05, 4.69) is 5.32 Å². The highest BCUT2D eigenvalue weighted by molar-refractivity contribution is 7.99. The van der Waals surface area contributed by atoms with Gasteiger partial charge < -0.3 is 10.4 Å². The van der Waals surface area contributed by atoms with Crippen LogP contribution in [-0.4, -0.2) is 27.3 Å². The van der Waals surface area contributed by atoms with Crippen LogP contribution in [0.15, 0.2) is 58.4 Å². The Morgan fingerprint density at radius 1 is 1.18 bits per heavy atom. The fraction of sp³-hybridized carbons (Fsp3) is 0.190. The standard InChI is InChI=1S/C21H18N2O4S/c1-12(24)22-19-15(9-14-7-4-6-13-5-2-3-8-16(13)14)10-18(25)23-17(21(26)27)11-28-20(19)23/h2-8,10,17H,9,11H2,1H3,(H,22,24)(H,26,27)/t17-/m0/s1. The summed E-state index contributed by atoms with van der Waals surface area (Å²) in [5.74, 6) is -1.06. The molecule has 2 N–H and O–H groups in total. The third kappa shape index (κ3) is 3.18. The first kappa shape index (κ1) is 18.3. The van der Waals surface area contributed by atoms with Gasteiger partial charge in [0.2, 0.25) is 5.91 Å². The molecule has 1 aliphatic heterocycles. The summed E-state index contributed by atoms with van der Waals surface area (Å²) in [6, 6.07) is 14.5. The van der Waals surface area contributed by atoms with Crippen LogP contribution in [0, 0.1) is 0 Å². The van der Waals surface area contributed by atoms with Crippen LogP contribution in [0.25, 0.3) is 10.8 Å². The van der Waals surface area contributed by atoms with Gasteiger partial charge in [-0.25, -0.2) is 4.79 Å². The molecule has 0 bridgehead atoms. The maximum Gasteiger partial charge on any atom is 0.327 e. The zero-order valence-electron chi connectivity index (χ0n) is 15.1. The summed E-state index contributed by atoms with van der Waals surface area (Å²) in [6.07, 6.45) is 0.457. The molecule has 2 heterocycles. The smallest absolute Gasteiger partial charge is 0.327 e. The van der Waals surface area contributed by atoms with E-state index in [0.29, 0.717) is 22.7 Å². The number of aliphatic carboxylic acids is 1. The van der Waals surface area contributed by atoms with E-state index < -0.39 is 12.0 Å². The van der Waals surface area contributed by atoms with Gasteiger partial charge in [-0.1, -0.05) is 42.5 Å². The largest absolute Gasteiger partial charge is 0.480 e. The summed E-state index contributed by atoms with van der Waals surface area (Å²) < 4.78 is 1.27. The van der Waals surface area contributed by atoms with Crippen LogP contribution in [0.2, 0.25) is 0 Å². The second-order valence-corrected chi connectivity index (χ2v) is 7.73. The van der Waals surface area contributed by atoms with Gasteiger partial charge in [-0.05, 0) is 21.9 Å². The molecule has 0 spiro atoms. The summed E-state index contributed by atoms with van der Waals surface area (Å²) in [7, 11) is 0. The lowest BCUT2D eigenvalue weighted by atomic mass is 9.98. The zero-order valence-corrected chi connectivity index (χ0v) is 16.0. The van der Waals surface area contributed by atoms with Crippen molar-refractivity contribution >= 4 is 40.1 Å². The molecule has 0 aliphatic carbocycles. The van der Waals surface area contributed by atoms with Crippen LogP contribution >= 0.6 is 11.8 Å². The molecule has 142 valence electrons. The van der Waals surface area contributed by atoms with Crippen molar-refractivity contribution in [3.8, 4) is 0 Å². The number of anilines is 1. The van der Waals surface area contributed by atoms with E-state index in [1.165, 1.54) is 29.3 Å². The van der Waals surface area contributed by atoms with E-state index >= 15 is 0 Å². The molecule has 1 amide bonds. The van der Waals surface area contributed by atoms with Crippen LogP contribution in [0.4, 0.5) is 5.69 Å². The van der Waals surface area contributed by atoms with Crippen molar-refractivity contribution in [1.29, 1.82) is 0 Å². The number of fused-ring (bicyclic) bond motifs is 2. The Hall–Kier alpha value is -3.06. The number of carbonyl (C=O) groups excluding carboxylic acids is 1. The minimum absolute atomic E-state index is 0.259. The van der Waals surface area contributed by atoms with Crippen molar-refractivity contribution in [3.05, 3.63) is 70.0 Å². The lowest BCUT2D eigenvalue weighted by molar-refractivity contribution is -0.140. The first-order chi connectivity index (χ1) is 13.5. The van der Waals surface area contributed by atoms with Crippen LogP contribution < -0.4 is 10.9 Å². The topological polar surface area (TPSA) is 88.4 Å². The molecule has 6 nitrogen and oxygen atoms in total. The molecule has 1 atom stereocenters. The van der Waals surface area contributed by atoms with Gasteiger partial charge in [0.05, 0.1) is 5.69 Å². The first-order valence-corrected chi connectivity index (χ1v) is 9.82. The number of pyridine rings is 1. The molecule has 2 aromatic carbocycles. The lowest BCUT2D eigenvalue weighted by Gasteiger charge is -2.17. The van der Waals surface area contributed by atoms with E-state index in [4.69, 9.17) is 0 Å². The minimum atomic E-state index is -1.05. The number of thioether (sulfide) groups is 1. The third-order valence-electron chi connectivity index (χ3n) is 4.83. The lowest BCUT2D eigenvalue weighted by Crippen LogP contribution is -2.29. The summed E-state index contributed by atoms with van der Waals surface area (Å²) in [5, 5.41) is 14.9. The molecule has 4 rings (SSSR count). The Morgan fingerprint density at radius 2 is 1.93 bits per heavy atom. The highest BCUT2D eigenvalue weighted by atomic mass is 32.2. The highest BCUT2D eigenvalue weighted by Crippen LogP contribution is 2.39. The normalized spacial score (nSPS) is 15.4. The molecular weight excluding hydrogens is 376 g/mol. The molecule has 0 radical (unpaired) electrons. The molecule has 7 heteroatoms. The number of carbonyl (C=O) groups is 2. The Morgan fingerprint density at radius 3 is 2.68 bits per heavy atom. The molecule has 0 unspecified atom stereocenters. The van der Waals surface area contributed by atoms with E-state index in [-0.39, 0.29) is 17.2 Å². The monoisotopic (exact) mass is 394 g/mol. The average Bonchev–Trinajstić information content (AvgIpc) is 3.11. The summed E-state index contributed by atoms with van der Waals surface area (Å²) in [6.45, 7) is 1.40. The van der Waals surface area contributed by atoms with Gasteiger partial charge in [-0.15, -0.1) is 11.8 Å². The van der Waals surface area contributed by atoms with Gasteiger partial charge in [-0.3, -0.25) is 14.2 Å². The molecule has 0 saturated heterocycles. The van der Waals surface area contributed by atoms with Crippen molar-refractivity contribution in [2.24, 2.45) is 0 Å². The van der Waals surface area contributed by atoms with E-state index in [9.17, 15) is 19.5 Å². The summed E-state index contributed by atoms with van der Waals surface area (Å²) in [4.78, 5) is 36.0. The van der Waals surface area contributed by atoms with Crippen molar-refractivity contribution in [1.82, 2.24) is 4.57 Å². The number of carboxylic acids is 1. The van der Waals surface area contributed by atoms with Crippen LogP contribution in [0.3, 0.4) is 0 Å². The number of nitrogens with zero attached hydrogens (tertiary/aromatic N) is 1. The number of rotatable bonds is 4. The minimum Gasteiger partial charge on any atom is -0.480 e. The molecule has 3 aromatic rings. The van der Waals surface area contributed by atoms with Gasteiger partial charge in [0, 0.05) is 25.2 Å². The molecule has 1 aromatic heterocycles. The van der Waals surface area contributed by atoms with Crippen LogP contribution in [0.1, 0.15) is 24.1 Å². The Kier molecular flexibility index (Phi) is 4.68.